The molecule has 0 bridgehead atoms. The Hall–Kier alpha value is -1.35. The maximum Gasteiger partial charge on any atom is 0.238 e. The molecule has 2 atom stereocenters. The molecular formula is C16H24N2O. The van der Waals surface area contributed by atoms with Crippen molar-refractivity contribution in [2.24, 2.45) is 0 Å². The zero-order valence-electron chi connectivity index (χ0n) is 12.1. The third kappa shape index (κ3) is 2.81. The Morgan fingerprint density at radius 1 is 1.37 bits per heavy atom. The zero-order chi connectivity index (χ0) is 13.8. The molecule has 0 aromatic heterocycles. The van der Waals surface area contributed by atoms with E-state index >= 15 is 0 Å². The van der Waals surface area contributed by atoms with E-state index < -0.39 is 0 Å². The van der Waals surface area contributed by atoms with Gasteiger partial charge < -0.3 is 4.90 Å². The Bertz CT molecular complexity index is 444. The number of rotatable bonds is 5. The van der Waals surface area contributed by atoms with Gasteiger partial charge in [0.15, 0.2) is 0 Å². The van der Waals surface area contributed by atoms with Gasteiger partial charge in [-0.1, -0.05) is 44.5 Å². The highest BCUT2D eigenvalue weighted by Gasteiger charge is 2.36. The number of nitrogens with one attached hydrogen (secondary N) is 1. The van der Waals surface area contributed by atoms with Crippen LogP contribution in [0.1, 0.15) is 50.4 Å². The molecule has 1 saturated heterocycles. The second-order valence-corrected chi connectivity index (χ2v) is 5.29. The van der Waals surface area contributed by atoms with Crippen LogP contribution >= 0.6 is 0 Å². The van der Waals surface area contributed by atoms with Crippen LogP contribution in [0.25, 0.3) is 0 Å². The molecule has 3 heteroatoms. The van der Waals surface area contributed by atoms with E-state index in [4.69, 9.17) is 0 Å². The number of carbonyl (C=O) groups excluding carboxylic acids is 1. The smallest absolute Gasteiger partial charge is 0.238 e. The highest BCUT2D eigenvalue weighted by atomic mass is 16.2. The average Bonchev–Trinajstić information content (AvgIpc) is 2.78. The summed E-state index contributed by atoms with van der Waals surface area (Å²) in [6.45, 7) is 6.91. The standard InChI is InChI=1S/C16H24N2O/c1-4-8-13(5-2)18-15(19)11-17-16(18)14-10-7-6-9-12(14)3/h6-7,9-10,13,16-17H,4-5,8,11H2,1-3H3. The molecule has 3 nitrogen and oxygen atoms in total. The topological polar surface area (TPSA) is 32.3 Å². The van der Waals surface area contributed by atoms with Crippen molar-refractivity contribution in [3.63, 3.8) is 0 Å². The lowest BCUT2D eigenvalue weighted by Crippen LogP contribution is -2.39. The van der Waals surface area contributed by atoms with Crippen molar-refractivity contribution in [2.75, 3.05) is 6.54 Å². The van der Waals surface area contributed by atoms with Crippen LogP contribution in [0, 0.1) is 6.92 Å². The fourth-order valence-electron chi connectivity index (χ4n) is 2.96. The Morgan fingerprint density at radius 2 is 2.11 bits per heavy atom. The molecule has 0 aliphatic carbocycles. The number of amides is 1. The molecule has 2 rings (SSSR count). The third-order valence-corrected chi connectivity index (χ3v) is 3.98. The van der Waals surface area contributed by atoms with E-state index in [2.05, 4.69) is 43.1 Å². The van der Waals surface area contributed by atoms with Gasteiger partial charge in [0.1, 0.15) is 6.17 Å². The fraction of sp³-hybridized carbons (Fsp3) is 0.562. The molecular weight excluding hydrogens is 236 g/mol. The first-order valence-electron chi connectivity index (χ1n) is 7.29. The van der Waals surface area contributed by atoms with Crippen LogP contribution in [0.4, 0.5) is 0 Å². The molecule has 2 unspecified atom stereocenters. The number of hydrogen-bond acceptors (Lipinski definition) is 2. The summed E-state index contributed by atoms with van der Waals surface area (Å²) < 4.78 is 0. The number of carbonyl (C=O) groups is 1. The van der Waals surface area contributed by atoms with Crippen molar-refractivity contribution < 1.29 is 4.79 Å². The molecule has 0 radical (unpaired) electrons. The van der Waals surface area contributed by atoms with Gasteiger partial charge in [-0.05, 0) is 30.9 Å². The number of benzene rings is 1. The van der Waals surface area contributed by atoms with Gasteiger partial charge in [0, 0.05) is 6.04 Å². The Kier molecular flexibility index (Phi) is 4.59. The highest BCUT2D eigenvalue weighted by molar-refractivity contribution is 5.81. The molecule has 0 spiro atoms. The molecule has 1 heterocycles. The minimum Gasteiger partial charge on any atom is -0.319 e. The third-order valence-electron chi connectivity index (χ3n) is 3.98. The fourth-order valence-corrected chi connectivity index (χ4v) is 2.96. The van der Waals surface area contributed by atoms with E-state index in [1.807, 2.05) is 12.1 Å². The first-order valence-corrected chi connectivity index (χ1v) is 7.29. The Labute approximate surface area is 116 Å². The van der Waals surface area contributed by atoms with Crippen LogP contribution in [0.2, 0.25) is 0 Å². The van der Waals surface area contributed by atoms with Crippen LogP contribution in [-0.4, -0.2) is 23.4 Å². The van der Waals surface area contributed by atoms with E-state index in [9.17, 15) is 4.79 Å². The van der Waals surface area contributed by atoms with E-state index in [0.717, 1.165) is 19.3 Å². The summed E-state index contributed by atoms with van der Waals surface area (Å²) in [5.41, 5.74) is 2.47. The largest absolute Gasteiger partial charge is 0.319 e. The summed E-state index contributed by atoms with van der Waals surface area (Å²) in [6, 6.07) is 8.67. The lowest BCUT2D eigenvalue weighted by Gasteiger charge is -2.33. The number of nitrogens with zero attached hydrogens (tertiary/aromatic N) is 1. The molecule has 1 aliphatic heterocycles. The maximum absolute atomic E-state index is 12.2. The van der Waals surface area contributed by atoms with Crippen LogP contribution in [0.5, 0.6) is 0 Å². The van der Waals surface area contributed by atoms with Gasteiger partial charge in [-0.3, -0.25) is 10.1 Å². The van der Waals surface area contributed by atoms with Crippen molar-refractivity contribution in [2.45, 2.75) is 52.2 Å². The van der Waals surface area contributed by atoms with E-state index in [-0.39, 0.29) is 12.1 Å². The normalized spacial score (nSPS) is 20.9. The predicted octanol–water partition coefficient (Wildman–Crippen LogP) is 3.00. The lowest BCUT2D eigenvalue weighted by atomic mass is 10.0. The second-order valence-electron chi connectivity index (χ2n) is 5.29. The number of hydrogen-bond donors (Lipinski definition) is 1. The predicted molar refractivity (Wildman–Crippen MR) is 77.8 cm³/mol. The molecule has 1 aliphatic rings. The summed E-state index contributed by atoms with van der Waals surface area (Å²) in [4.78, 5) is 14.3. The first-order chi connectivity index (χ1) is 9.19. The van der Waals surface area contributed by atoms with Crippen LogP contribution in [0.3, 0.4) is 0 Å². The van der Waals surface area contributed by atoms with Gasteiger partial charge in [-0.15, -0.1) is 0 Å². The minimum absolute atomic E-state index is 0.0465. The molecule has 0 saturated carbocycles. The molecule has 1 aromatic rings. The molecule has 1 amide bonds. The monoisotopic (exact) mass is 260 g/mol. The van der Waals surface area contributed by atoms with Gasteiger partial charge in [0.2, 0.25) is 5.91 Å². The molecule has 1 aromatic carbocycles. The Morgan fingerprint density at radius 3 is 2.74 bits per heavy atom. The van der Waals surface area contributed by atoms with E-state index in [1.54, 1.807) is 0 Å². The highest BCUT2D eigenvalue weighted by Crippen LogP contribution is 2.29. The van der Waals surface area contributed by atoms with Crippen molar-refractivity contribution in [3.05, 3.63) is 35.4 Å². The van der Waals surface area contributed by atoms with Gasteiger partial charge in [-0.25, -0.2) is 0 Å². The quantitative estimate of drug-likeness (QED) is 0.882. The number of aryl methyl sites for hydroxylation is 1. The summed E-state index contributed by atoms with van der Waals surface area (Å²) >= 11 is 0. The Balaban J connectivity index is 2.29. The zero-order valence-corrected chi connectivity index (χ0v) is 12.1. The molecule has 104 valence electrons. The van der Waals surface area contributed by atoms with Crippen molar-refractivity contribution in [3.8, 4) is 0 Å². The summed E-state index contributed by atoms with van der Waals surface area (Å²) in [7, 11) is 0. The molecule has 1 fully saturated rings. The van der Waals surface area contributed by atoms with Crippen molar-refractivity contribution in [1.82, 2.24) is 10.2 Å². The molecule has 1 N–H and O–H groups in total. The van der Waals surface area contributed by atoms with Gasteiger partial charge in [0.05, 0.1) is 6.54 Å². The summed E-state index contributed by atoms with van der Waals surface area (Å²) in [5.74, 6) is 0.230. The SMILES string of the molecule is CCCC(CC)N1C(=O)CNC1c1ccccc1C. The minimum atomic E-state index is 0.0465. The van der Waals surface area contributed by atoms with E-state index in [1.165, 1.54) is 11.1 Å². The summed E-state index contributed by atoms with van der Waals surface area (Å²) in [6.07, 6.45) is 3.25. The average molecular weight is 260 g/mol. The first kappa shape index (κ1) is 14.1. The maximum atomic E-state index is 12.2. The van der Waals surface area contributed by atoms with Crippen LogP contribution in [-0.2, 0) is 4.79 Å². The lowest BCUT2D eigenvalue weighted by molar-refractivity contribution is -0.130. The van der Waals surface area contributed by atoms with Crippen LogP contribution < -0.4 is 5.32 Å². The van der Waals surface area contributed by atoms with Gasteiger partial charge in [0.25, 0.3) is 0 Å². The van der Waals surface area contributed by atoms with E-state index in [0.29, 0.717) is 12.6 Å². The van der Waals surface area contributed by atoms with Crippen LogP contribution in [0.15, 0.2) is 24.3 Å². The summed E-state index contributed by atoms with van der Waals surface area (Å²) in [5, 5.41) is 3.36. The van der Waals surface area contributed by atoms with Gasteiger partial charge >= 0.3 is 0 Å². The van der Waals surface area contributed by atoms with Crippen molar-refractivity contribution >= 4 is 5.91 Å². The molecule has 19 heavy (non-hydrogen) atoms. The second kappa shape index (κ2) is 6.20. The van der Waals surface area contributed by atoms with Crippen molar-refractivity contribution in [1.29, 1.82) is 0 Å². The van der Waals surface area contributed by atoms with Gasteiger partial charge in [-0.2, -0.15) is 0 Å².